The Hall–Kier alpha value is -0.930. The van der Waals surface area contributed by atoms with Gasteiger partial charge >= 0.3 is 0 Å². The Morgan fingerprint density at radius 1 is 1.14 bits per heavy atom. The van der Waals surface area contributed by atoms with Gasteiger partial charge in [0.15, 0.2) is 0 Å². The van der Waals surface area contributed by atoms with Gasteiger partial charge in [-0.25, -0.2) is 4.39 Å². The molecular weight excluding hydrogens is 263 g/mol. The number of nitrogens with zero attached hydrogens (tertiary/aromatic N) is 1. The van der Waals surface area contributed by atoms with Crippen LogP contribution in [0.25, 0.3) is 0 Å². The largest absolute Gasteiger partial charge is 0.316 e. The summed E-state index contributed by atoms with van der Waals surface area (Å²) in [5, 5.41) is 3.48. The van der Waals surface area contributed by atoms with Crippen LogP contribution < -0.4 is 5.32 Å². The molecule has 0 aliphatic heterocycles. The Balaban J connectivity index is 2.00. The first-order valence-corrected chi connectivity index (χ1v) is 8.21. The normalized spacial score (nSPS) is 11.5. The van der Waals surface area contributed by atoms with Crippen molar-refractivity contribution in [3.63, 3.8) is 0 Å². The second-order valence-corrected chi connectivity index (χ2v) is 6.38. The molecule has 0 bridgehead atoms. The van der Waals surface area contributed by atoms with Gasteiger partial charge in [-0.05, 0) is 63.1 Å². The van der Waals surface area contributed by atoms with Crippen molar-refractivity contribution in [3.05, 3.63) is 35.6 Å². The molecule has 0 spiro atoms. The number of unbranched alkanes of at least 4 members (excludes halogenated alkanes) is 3. The van der Waals surface area contributed by atoms with E-state index >= 15 is 0 Å². The van der Waals surface area contributed by atoms with Gasteiger partial charge < -0.3 is 10.2 Å². The van der Waals surface area contributed by atoms with Gasteiger partial charge in [0.05, 0.1) is 0 Å². The van der Waals surface area contributed by atoms with Gasteiger partial charge in [-0.15, -0.1) is 0 Å². The fourth-order valence-electron chi connectivity index (χ4n) is 2.40. The molecule has 0 aromatic heterocycles. The van der Waals surface area contributed by atoms with Crippen LogP contribution in [0.4, 0.5) is 4.39 Å². The fourth-order valence-corrected chi connectivity index (χ4v) is 2.40. The molecule has 0 atom stereocenters. The molecule has 21 heavy (non-hydrogen) atoms. The Morgan fingerprint density at radius 3 is 2.62 bits per heavy atom. The summed E-state index contributed by atoms with van der Waals surface area (Å²) >= 11 is 0. The van der Waals surface area contributed by atoms with Crippen molar-refractivity contribution in [2.75, 3.05) is 26.7 Å². The summed E-state index contributed by atoms with van der Waals surface area (Å²) in [5.41, 5.74) is 1.05. The lowest BCUT2D eigenvalue weighted by Gasteiger charge is -2.16. The number of benzene rings is 1. The monoisotopic (exact) mass is 294 g/mol. The van der Waals surface area contributed by atoms with E-state index in [1.165, 1.54) is 31.7 Å². The Labute approximate surface area is 129 Å². The first-order valence-electron chi connectivity index (χ1n) is 8.21. The van der Waals surface area contributed by atoms with Crippen molar-refractivity contribution in [2.45, 2.75) is 46.1 Å². The van der Waals surface area contributed by atoms with Gasteiger partial charge in [0.2, 0.25) is 0 Å². The molecule has 3 heteroatoms. The van der Waals surface area contributed by atoms with Crippen molar-refractivity contribution in [3.8, 4) is 0 Å². The minimum Gasteiger partial charge on any atom is -0.316 e. The molecule has 120 valence electrons. The average Bonchev–Trinajstić information content (AvgIpc) is 2.41. The molecule has 0 heterocycles. The molecule has 1 N–H and O–H groups in total. The van der Waals surface area contributed by atoms with E-state index in [0.29, 0.717) is 0 Å². The van der Waals surface area contributed by atoms with Crippen LogP contribution in [-0.2, 0) is 6.54 Å². The molecular formula is C18H31FN2. The molecule has 0 radical (unpaired) electrons. The maximum atomic E-state index is 13.1. The number of hydrogen-bond acceptors (Lipinski definition) is 2. The summed E-state index contributed by atoms with van der Waals surface area (Å²) in [7, 11) is 2.11. The highest BCUT2D eigenvalue weighted by Gasteiger charge is 2.01. The number of hydrogen-bond donors (Lipinski definition) is 1. The highest BCUT2D eigenvalue weighted by atomic mass is 19.1. The lowest BCUT2D eigenvalue weighted by molar-refractivity contribution is 0.316. The highest BCUT2D eigenvalue weighted by Crippen LogP contribution is 2.07. The van der Waals surface area contributed by atoms with Crippen LogP contribution in [0.5, 0.6) is 0 Å². The highest BCUT2D eigenvalue weighted by molar-refractivity contribution is 5.15. The number of rotatable bonds is 11. The molecule has 0 saturated carbocycles. The fraction of sp³-hybridized carbons (Fsp3) is 0.667. The molecule has 0 saturated heterocycles. The summed E-state index contributed by atoms with van der Waals surface area (Å²) in [5.74, 6) is 0.594. The molecule has 0 aliphatic carbocycles. The summed E-state index contributed by atoms with van der Waals surface area (Å²) in [6, 6.07) is 6.89. The van der Waals surface area contributed by atoms with Gasteiger partial charge in [-0.2, -0.15) is 0 Å². The van der Waals surface area contributed by atoms with Gasteiger partial charge in [-0.3, -0.25) is 0 Å². The zero-order chi connectivity index (χ0) is 15.5. The topological polar surface area (TPSA) is 15.3 Å². The smallest absolute Gasteiger partial charge is 0.123 e. The molecule has 1 aromatic rings. The second kappa shape index (κ2) is 10.7. The van der Waals surface area contributed by atoms with Gasteiger partial charge in [0.1, 0.15) is 5.82 Å². The number of halogens is 1. The molecule has 2 nitrogen and oxygen atoms in total. The lowest BCUT2D eigenvalue weighted by atomic mass is 10.1. The zero-order valence-corrected chi connectivity index (χ0v) is 13.9. The molecule has 0 amide bonds. The minimum atomic E-state index is -0.144. The quantitative estimate of drug-likeness (QED) is 0.619. The van der Waals surface area contributed by atoms with Crippen LogP contribution in [0.2, 0.25) is 0 Å². The van der Waals surface area contributed by atoms with Crippen molar-refractivity contribution in [2.24, 2.45) is 5.92 Å². The van der Waals surface area contributed by atoms with E-state index in [9.17, 15) is 4.39 Å². The van der Waals surface area contributed by atoms with E-state index in [1.54, 1.807) is 12.1 Å². The SMILES string of the molecule is CC(C)CNCCCCCCN(C)Cc1cccc(F)c1. The average molecular weight is 294 g/mol. The summed E-state index contributed by atoms with van der Waals surface area (Å²) in [6.45, 7) is 8.64. The molecule has 1 rings (SSSR count). The van der Waals surface area contributed by atoms with Gasteiger partial charge in [-0.1, -0.05) is 38.8 Å². The first kappa shape index (κ1) is 18.1. The lowest BCUT2D eigenvalue weighted by Crippen LogP contribution is -2.21. The standard InChI is InChI=1S/C18H31FN2/c1-16(2)14-20-11-6-4-5-7-12-21(3)15-17-9-8-10-18(19)13-17/h8-10,13,16,20H,4-7,11-12,14-15H2,1-3H3. The van der Waals surface area contributed by atoms with Gasteiger partial charge in [0.25, 0.3) is 0 Å². The van der Waals surface area contributed by atoms with E-state index in [-0.39, 0.29) is 5.82 Å². The van der Waals surface area contributed by atoms with Crippen LogP contribution >= 0.6 is 0 Å². The molecule has 0 aliphatic rings. The summed E-state index contributed by atoms with van der Waals surface area (Å²) < 4.78 is 13.1. The van der Waals surface area contributed by atoms with E-state index in [4.69, 9.17) is 0 Å². The Bertz CT molecular complexity index is 379. The second-order valence-electron chi connectivity index (χ2n) is 6.38. The van der Waals surface area contributed by atoms with Crippen molar-refractivity contribution < 1.29 is 4.39 Å². The van der Waals surface area contributed by atoms with Crippen LogP contribution in [0.1, 0.15) is 45.1 Å². The minimum absolute atomic E-state index is 0.144. The summed E-state index contributed by atoms with van der Waals surface area (Å²) in [6.07, 6.45) is 5.05. The van der Waals surface area contributed by atoms with Crippen molar-refractivity contribution in [1.29, 1.82) is 0 Å². The van der Waals surface area contributed by atoms with Crippen molar-refractivity contribution in [1.82, 2.24) is 10.2 Å². The predicted molar refractivity (Wildman–Crippen MR) is 88.9 cm³/mol. The molecule has 0 fully saturated rings. The third kappa shape index (κ3) is 9.59. The maximum absolute atomic E-state index is 13.1. The third-order valence-electron chi connectivity index (χ3n) is 3.54. The first-order chi connectivity index (χ1) is 10.1. The Morgan fingerprint density at radius 2 is 1.90 bits per heavy atom. The van der Waals surface area contributed by atoms with Crippen LogP contribution in [-0.4, -0.2) is 31.6 Å². The van der Waals surface area contributed by atoms with Crippen molar-refractivity contribution >= 4 is 0 Å². The molecule has 1 aromatic carbocycles. The van der Waals surface area contributed by atoms with Crippen LogP contribution in [0, 0.1) is 11.7 Å². The van der Waals surface area contributed by atoms with Gasteiger partial charge in [0, 0.05) is 6.54 Å². The van der Waals surface area contributed by atoms with Crippen LogP contribution in [0.15, 0.2) is 24.3 Å². The summed E-state index contributed by atoms with van der Waals surface area (Å²) in [4.78, 5) is 2.27. The van der Waals surface area contributed by atoms with Crippen LogP contribution in [0.3, 0.4) is 0 Å². The van der Waals surface area contributed by atoms with E-state index in [0.717, 1.165) is 37.7 Å². The maximum Gasteiger partial charge on any atom is 0.123 e. The van der Waals surface area contributed by atoms with E-state index in [1.807, 2.05) is 6.07 Å². The van der Waals surface area contributed by atoms with E-state index in [2.05, 4.69) is 31.1 Å². The predicted octanol–water partition coefficient (Wildman–Crippen LogP) is 4.06. The third-order valence-corrected chi connectivity index (χ3v) is 3.54. The Kier molecular flexibility index (Phi) is 9.27. The van der Waals surface area contributed by atoms with E-state index < -0.39 is 0 Å². The number of nitrogens with one attached hydrogen (secondary N) is 1. The zero-order valence-electron chi connectivity index (χ0n) is 13.9. The molecule has 0 unspecified atom stereocenters.